The summed E-state index contributed by atoms with van der Waals surface area (Å²) in [6, 6.07) is 12.6. The molecule has 0 unspecified atom stereocenters. The van der Waals surface area contributed by atoms with Gasteiger partial charge in [-0.3, -0.25) is 4.98 Å². The van der Waals surface area contributed by atoms with Crippen LogP contribution < -0.4 is 5.46 Å². The van der Waals surface area contributed by atoms with E-state index in [-0.39, 0.29) is 10.8 Å². The highest BCUT2D eigenvalue weighted by Crippen LogP contribution is 2.21. The number of benzene rings is 1. The normalized spacial score (nSPS) is 11.6. The Kier molecular flexibility index (Phi) is 5.99. The van der Waals surface area contributed by atoms with E-state index < -0.39 is 0 Å². The molecule has 0 amide bonds. The van der Waals surface area contributed by atoms with Crippen LogP contribution in [0.1, 0.15) is 58.4 Å². The standard InChI is InChI=1S/C11H16.C9H12BN/c1-9-5-7-10(8-6-9)11(2,3)4;1-9(2,3)8-5-4-7(10)6-11-8/h5-8H,1-4H3;4-6H,1-3H3. The number of aromatic nitrogens is 1. The number of hydrogen-bond acceptors (Lipinski definition) is 1. The highest BCUT2D eigenvalue weighted by atomic mass is 14.7. The molecule has 1 nitrogen and oxygen atoms in total. The van der Waals surface area contributed by atoms with Crippen molar-refractivity contribution in [1.29, 1.82) is 0 Å². The molecule has 0 saturated carbocycles. The van der Waals surface area contributed by atoms with Crippen LogP contribution in [0.15, 0.2) is 42.6 Å². The molecule has 0 saturated heterocycles. The van der Waals surface area contributed by atoms with Crippen LogP contribution in [0, 0.1) is 6.92 Å². The minimum absolute atomic E-state index is 0.119. The van der Waals surface area contributed by atoms with Crippen molar-refractivity contribution in [2.24, 2.45) is 0 Å². The molecule has 0 fully saturated rings. The summed E-state index contributed by atoms with van der Waals surface area (Å²) in [6.45, 7) is 15.2. The van der Waals surface area contributed by atoms with Crippen LogP contribution in [0.25, 0.3) is 0 Å². The molecule has 2 aromatic rings. The van der Waals surface area contributed by atoms with Gasteiger partial charge < -0.3 is 0 Å². The van der Waals surface area contributed by atoms with Gasteiger partial charge >= 0.3 is 0 Å². The molecule has 0 bridgehead atoms. The first-order chi connectivity index (χ1) is 10.00. The lowest BCUT2D eigenvalue weighted by atomic mass is 9.87. The molecule has 0 aliphatic rings. The third-order valence-corrected chi connectivity index (χ3v) is 3.47. The van der Waals surface area contributed by atoms with Crippen molar-refractivity contribution in [2.75, 3.05) is 0 Å². The Morgan fingerprint density at radius 1 is 0.773 bits per heavy atom. The number of aryl methyl sites for hydroxylation is 1. The highest BCUT2D eigenvalue weighted by Gasteiger charge is 2.14. The maximum atomic E-state index is 5.51. The van der Waals surface area contributed by atoms with Crippen LogP contribution in [0.3, 0.4) is 0 Å². The summed E-state index contributed by atoms with van der Waals surface area (Å²) < 4.78 is 0. The van der Waals surface area contributed by atoms with Crippen molar-refractivity contribution in [3.8, 4) is 0 Å². The number of rotatable bonds is 0. The van der Waals surface area contributed by atoms with Gasteiger partial charge in [0, 0.05) is 17.3 Å². The number of hydrogen-bond donors (Lipinski definition) is 0. The third kappa shape index (κ3) is 6.05. The Morgan fingerprint density at radius 2 is 1.32 bits per heavy atom. The van der Waals surface area contributed by atoms with Crippen LogP contribution in [0.5, 0.6) is 0 Å². The Hall–Kier alpha value is -1.57. The zero-order valence-corrected chi connectivity index (χ0v) is 15.1. The second kappa shape index (κ2) is 7.13. The molecule has 2 heteroatoms. The van der Waals surface area contributed by atoms with Gasteiger partial charge in [0.15, 0.2) is 0 Å². The van der Waals surface area contributed by atoms with Crippen molar-refractivity contribution in [3.05, 3.63) is 59.4 Å². The minimum atomic E-state index is 0.119. The first kappa shape index (κ1) is 18.5. The van der Waals surface area contributed by atoms with E-state index in [1.807, 2.05) is 12.1 Å². The summed E-state index contributed by atoms with van der Waals surface area (Å²) in [5.41, 5.74) is 4.94. The molecule has 2 radical (unpaired) electrons. The first-order valence-electron chi connectivity index (χ1n) is 7.79. The van der Waals surface area contributed by atoms with Gasteiger partial charge in [-0.05, 0) is 24.0 Å². The fourth-order valence-electron chi connectivity index (χ4n) is 1.90. The lowest BCUT2D eigenvalue weighted by molar-refractivity contribution is 0.569. The van der Waals surface area contributed by atoms with Crippen LogP contribution in [-0.2, 0) is 10.8 Å². The molecule has 22 heavy (non-hydrogen) atoms. The zero-order valence-electron chi connectivity index (χ0n) is 15.1. The van der Waals surface area contributed by atoms with Crippen LogP contribution >= 0.6 is 0 Å². The Morgan fingerprint density at radius 3 is 1.68 bits per heavy atom. The second-order valence-corrected chi connectivity index (χ2v) is 7.84. The third-order valence-electron chi connectivity index (χ3n) is 3.47. The van der Waals surface area contributed by atoms with E-state index in [2.05, 4.69) is 77.7 Å². The van der Waals surface area contributed by atoms with Crippen molar-refractivity contribution in [2.45, 2.75) is 59.3 Å². The van der Waals surface area contributed by atoms with Crippen LogP contribution in [-0.4, -0.2) is 12.8 Å². The van der Waals surface area contributed by atoms with E-state index in [1.54, 1.807) is 6.20 Å². The molecule has 0 N–H and O–H groups in total. The molecule has 2 rings (SSSR count). The number of nitrogens with zero attached hydrogens (tertiary/aromatic N) is 1. The predicted molar refractivity (Wildman–Crippen MR) is 98.2 cm³/mol. The van der Waals surface area contributed by atoms with Gasteiger partial charge in [0.05, 0.1) is 0 Å². The average molecular weight is 293 g/mol. The summed E-state index contributed by atoms with van der Waals surface area (Å²) in [7, 11) is 5.51. The molecule has 116 valence electrons. The fraction of sp³-hybridized carbons (Fsp3) is 0.450. The molecule has 0 aliphatic carbocycles. The fourth-order valence-corrected chi connectivity index (χ4v) is 1.90. The molecule has 1 heterocycles. The van der Waals surface area contributed by atoms with Gasteiger partial charge in [-0.15, -0.1) is 0 Å². The topological polar surface area (TPSA) is 12.9 Å². The average Bonchev–Trinajstić information content (AvgIpc) is 2.38. The molecular formula is C20H28BN. The monoisotopic (exact) mass is 293 g/mol. The van der Waals surface area contributed by atoms with Gasteiger partial charge in [-0.25, -0.2) is 0 Å². The Labute approximate surface area is 137 Å². The highest BCUT2D eigenvalue weighted by molar-refractivity contribution is 6.32. The summed E-state index contributed by atoms with van der Waals surface area (Å²) in [5.74, 6) is 0. The first-order valence-corrected chi connectivity index (χ1v) is 7.79. The maximum absolute atomic E-state index is 5.51. The lowest BCUT2D eigenvalue weighted by Gasteiger charge is -2.18. The van der Waals surface area contributed by atoms with E-state index in [0.29, 0.717) is 0 Å². The maximum Gasteiger partial charge on any atom is 0.115 e. The minimum Gasteiger partial charge on any atom is -0.261 e. The Balaban J connectivity index is 0.000000220. The molecule has 0 aliphatic heterocycles. The summed E-state index contributed by atoms with van der Waals surface area (Å²) in [5, 5.41) is 0. The smallest absolute Gasteiger partial charge is 0.115 e. The lowest BCUT2D eigenvalue weighted by Crippen LogP contribution is -2.15. The second-order valence-electron chi connectivity index (χ2n) is 7.84. The van der Waals surface area contributed by atoms with Gasteiger partial charge in [-0.1, -0.05) is 82.9 Å². The van der Waals surface area contributed by atoms with Crippen molar-refractivity contribution < 1.29 is 0 Å². The predicted octanol–water partition coefficient (Wildman–Crippen LogP) is 4.47. The summed E-state index contributed by atoms with van der Waals surface area (Å²) in [6.07, 6.45) is 1.70. The van der Waals surface area contributed by atoms with E-state index in [1.165, 1.54) is 11.1 Å². The summed E-state index contributed by atoms with van der Waals surface area (Å²) in [4.78, 5) is 4.22. The van der Waals surface area contributed by atoms with E-state index in [4.69, 9.17) is 7.85 Å². The quantitative estimate of drug-likeness (QED) is 0.653. The SMILES string of the molecule is Cc1ccc(C(C)(C)C)cc1.[B]c1ccc(C(C)(C)C)nc1. The Bertz CT molecular complexity index is 514. The van der Waals surface area contributed by atoms with E-state index >= 15 is 0 Å². The van der Waals surface area contributed by atoms with E-state index in [0.717, 1.165) is 11.2 Å². The van der Waals surface area contributed by atoms with Crippen LogP contribution in [0.2, 0.25) is 0 Å². The largest absolute Gasteiger partial charge is 0.261 e. The molecular weight excluding hydrogens is 265 g/mol. The molecule has 1 aromatic heterocycles. The molecule has 0 spiro atoms. The van der Waals surface area contributed by atoms with Crippen molar-refractivity contribution >= 4 is 13.3 Å². The molecule has 1 aromatic carbocycles. The summed E-state index contributed by atoms with van der Waals surface area (Å²) >= 11 is 0. The van der Waals surface area contributed by atoms with Crippen molar-refractivity contribution in [3.63, 3.8) is 0 Å². The zero-order chi connectivity index (χ0) is 17.0. The molecule has 0 atom stereocenters. The van der Waals surface area contributed by atoms with Gasteiger partial charge in [0.1, 0.15) is 7.85 Å². The van der Waals surface area contributed by atoms with Gasteiger partial charge in [-0.2, -0.15) is 0 Å². The van der Waals surface area contributed by atoms with Gasteiger partial charge in [0.2, 0.25) is 0 Å². The van der Waals surface area contributed by atoms with Crippen LogP contribution in [0.4, 0.5) is 0 Å². The number of pyridine rings is 1. The van der Waals surface area contributed by atoms with Gasteiger partial charge in [0.25, 0.3) is 0 Å². The van der Waals surface area contributed by atoms with Crippen molar-refractivity contribution in [1.82, 2.24) is 4.98 Å². The van der Waals surface area contributed by atoms with E-state index in [9.17, 15) is 0 Å².